The molecule has 1 aliphatic heterocycles. The molecule has 2 aromatic carbocycles. The van der Waals surface area contributed by atoms with Gasteiger partial charge in [0, 0.05) is 16.7 Å². The molecule has 3 rings (SSSR count). The number of esters is 1. The van der Waals surface area contributed by atoms with E-state index in [9.17, 15) is 9.59 Å². The third-order valence-corrected chi connectivity index (χ3v) is 5.41. The summed E-state index contributed by atoms with van der Waals surface area (Å²) in [5, 5.41) is 0.424. The van der Waals surface area contributed by atoms with E-state index in [0.29, 0.717) is 23.1 Å². The molecule has 136 valence electrons. The Morgan fingerprint density at radius 2 is 2.00 bits per heavy atom. The lowest BCUT2D eigenvalue weighted by Gasteiger charge is -2.22. The van der Waals surface area contributed by atoms with Gasteiger partial charge in [0.1, 0.15) is 5.75 Å². The molecule has 26 heavy (non-hydrogen) atoms. The van der Waals surface area contributed by atoms with Crippen LogP contribution in [-0.4, -0.2) is 37.4 Å². The van der Waals surface area contributed by atoms with Crippen molar-refractivity contribution in [1.82, 2.24) is 0 Å². The van der Waals surface area contributed by atoms with Gasteiger partial charge in [0.2, 0.25) is 0 Å². The molecule has 0 aromatic heterocycles. The number of hydrogen-bond donors (Lipinski definition) is 0. The Kier molecular flexibility index (Phi) is 5.83. The lowest BCUT2D eigenvalue weighted by atomic mass is 10.2. The van der Waals surface area contributed by atoms with E-state index in [1.165, 1.54) is 7.11 Å². The maximum absolute atomic E-state index is 12.7. The molecular weight excluding hydrogens is 350 g/mol. The van der Waals surface area contributed by atoms with Gasteiger partial charge in [-0.1, -0.05) is 25.1 Å². The first-order chi connectivity index (χ1) is 12.6. The molecule has 0 saturated heterocycles. The van der Waals surface area contributed by atoms with Crippen molar-refractivity contribution in [2.24, 2.45) is 0 Å². The average Bonchev–Trinajstić information content (AvgIpc) is 2.84. The van der Waals surface area contributed by atoms with Crippen LogP contribution in [0, 0.1) is 0 Å². The molecule has 2 aromatic rings. The second kappa shape index (κ2) is 8.27. The van der Waals surface area contributed by atoms with Crippen LogP contribution in [0.25, 0.3) is 0 Å². The zero-order valence-electron chi connectivity index (χ0n) is 14.8. The Hall–Kier alpha value is -2.47. The molecule has 0 saturated carbocycles. The zero-order chi connectivity index (χ0) is 18.5. The fourth-order valence-corrected chi connectivity index (χ4v) is 3.90. The zero-order valence-corrected chi connectivity index (χ0v) is 15.6. The van der Waals surface area contributed by atoms with Crippen LogP contribution in [0.15, 0.2) is 53.4 Å². The number of carbonyl (C=O) groups excluding carboxylic acids is 2. The number of ether oxygens (including phenoxy) is 2. The van der Waals surface area contributed by atoms with Crippen molar-refractivity contribution < 1.29 is 19.1 Å². The number of para-hydroxylation sites is 1. The second-order valence-corrected chi connectivity index (χ2v) is 7.52. The fraction of sp³-hybridized carbons (Fsp3) is 0.300. The fourth-order valence-electron chi connectivity index (χ4n) is 2.78. The van der Waals surface area contributed by atoms with Gasteiger partial charge in [-0.15, -0.1) is 11.8 Å². The highest BCUT2D eigenvalue weighted by atomic mass is 32.2. The SMILES string of the molecule is COc1cccc(C(=O)OCC(=O)N2CCC(C)Sc3ccccc32)c1. The average molecular weight is 371 g/mol. The van der Waals surface area contributed by atoms with Crippen LogP contribution in [-0.2, 0) is 9.53 Å². The van der Waals surface area contributed by atoms with Crippen molar-refractivity contribution in [3.8, 4) is 5.75 Å². The van der Waals surface area contributed by atoms with Crippen molar-refractivity contribution in [2.75, 3.05) is 25.2 Å². The minimum atomic E-state index is -0.539. The van der Waals surface area contributed by atoms with Gasteiger partial charge in [0.25, 0.3) is 5.91 Å². The van der Waals surface area contributed by atoms with Gasteiger partial charge in [0.15, 0.2) is 6.61 Å². The van der Waals surface area contributed by atoms with E-state index < -0.39 is 5.97 Å². The molecule has 0 N–H and O–H groups in total. The number of nitrogens with zero attached hydrogens (tertiary/aromatic N) is 1. The molecule has 1 aliphatic rings. The van der Waals surface area contributed by atoms with Gasteiger partial charge in [-0.05, 0) is 36.8 Å². The first kappa shape index (κ1) is 18.3. The Bertz CT molecular complexity index is 808. The smallest absolute Gasteiger partial charge is 0.338 e. The number of anilines is 1. The Labute approximate surface area is 157 Å². The minimum Gasteiger partial charge on any atom is -0.497 e. The van der Waals surface area contributed by atoms with Gasteiger partial charge < -0.3 is 14.4 Å². The summed E-state index contributed by atoms with van der Waals surface area (Å²) in [6.07, 6.45) is 0.884. The van der Waals surface area contributed by atoms with E-state index in [-0.39, 0.29) is 12.5 Å². The summed E-state index contributed by atoms with van der Waals surface area (Å²) in [5.74, 6) is -0.190. The van der Waals surface area contributed by atoms with Crippen LogP contribution in [0.4, 0.5) is 5.69 Å². The van der Waals surface area contributed by atoms with E-state index in [1.807, 2.05) is 24.3 Å². The predicted octanol–water partition coefficient (Wildman–Crippen LogP) is 3.77. The molecule has 1 atom stereocenters. The van der Waals surface area contributed by atoms with E-state index in [4.69, 9.17) is 9.47 Å². The summed E-state index contributed by atoms with van der Waals surface area (Å²) in [5.41, 5.74) is 1.24. The van der Waals surface area contributed by atoms with Gasteiger partial charge in [-0.2, -0.15) is 0 Å². The molecule has 1 heterocycles. The molecule has 1 amide bonds. The number of amides is 1. The summed E-state index contributed by atoms with van der Waals surface area (Å²) in [6.45, 7) is 2.47. The molecule has 0 bridgehead atoms. The highest BCUT2D eigenvalue weighted by Crippen LogP contribution is 2.37. The van der Waals surface area contributed by atoms with E-state index >= 15 is 0 Å². The maximum atomic E-state index is 12.7. The number of hydrogen-bond acceptors (Lipinski definition) is 5. The number of benzene rings is 2. The van der Waals surface area contributed by atoms with Crippen molar-refractivity contribution >= 4 is 29.3 Å². The Balaban J connectivity index is 1.69. The van der Waals surface area contributed by atoms with Crippen LogP contribution in [0.5, 0.6) is 5.75 Å². The van der Waals surface area contributed by atoms with Crippen LogP contribution in [0.3, 0.4) is 0 Å². The molecule has 1 unspecified atom stereocenters. The summed E-state index contributed by atoms with van der Waals surface area (Å²) >= 11 is 1.76. The van der Waals surface area contributed by atoms with Crippen LogP contribution in [0.2, 0.25) is 0 Å². The topological polar surface area (TPSA) is 55.8 Å². The monoisotopic (exact) mass is 371 g/mol. The van der Waals surface area contributed by atoms with Gasteiger partial charge in [-0.3, -0.25) is 4.79 Å². The highest BCUT2D eigenvalue weighted by Gasteiger charge is 2.25. The van der Waals surface area contributed by atoms with E-state index in [0.717, 1.165) is 17.0 Å². The number of methoxy groups -OCH3 is 1. The molecular formula is C20H21NO4S. The van der Waals surface area contributed by atoms with Gasteiger partial charge in [-0.25, -0.2) is 4.79 Å². The normalized spacial score (nSPS) is 16.4. The van der Waals surface area contributed by atoms with Gasteiger partial charge in [0.05, 0.1) is 18.4 Å². The third kappa shape index (κ3) is 4.19. The van der Waals surface area contributed by atoms with Crippen molar-refractivity contribution in [1.29, 1.82) is 0 Å². The quantitative estimate of drug-likeness (QED) is 0.766. The standard InChI is InChI=1S/C20H21NO4S/c1-14-10-11-21(17-8-3-4-9-18(17)26-14)19(22)13-25-20(23)15-6-5-7-16(12-15)24-2/h3-9,12,14H,10-11,13H2,1-2H3. The lowest BCUT2D eigenvalue weighted by Crippen LogP contribution is -2.35. The lowest BCUT2D eigenvalue weighted by molar-refractivity contribution is -0.121. The van der Waals surface area contributed by atoms with Gasteiger partial charge >= 0.3 is 5.97 Å². The second-order valence-electron chi connectivity index (χ2n) is 6.04. The van der Waals surface area contributed by atoms with E-state index in [1.54, 1.807) is 40.9 Å². The molecule has 6 heteroatoms. The summed E-state index contributed by atoms with van der Waals surface area (Å²) < 4.78 is 10.3. The number of carbonyl (C=O) groups is 2. The van der Waals surface area contributed by atoms with Crippen LogP contribution >= 0.6 is 11.8 Å². The maximum Gasteiger partial charge on any atom is 0.338 e. The highest BCUT2D eigenvalue weighted by molar-refractivity contribution is 8.00. The largest absolute Gasteiger partial charge is 0.497 e. The van der Waals surface area contributed by atoms with Crippen LogP contribution < -0.4 is 9.64 Å². The van der Waals surface area contributed by atoms with Crippen LogP contribution in [0.1, 0.15) is 23.7 Å². The molecule has 0 fully saturated rings. The predicted molar refractivity (Wildman–Crippen MR) is 102 cm³/mol. The molecule has 0 radical (unpaired) electrons. The Morgan fingerprint density at radius 1 is 1.19 bits per heavy atom. The summed E-state index contributed by atoms with van der Waals surface area (Å²) in [7, 11) is 1.53. The van der Waals surface area contributed by atoms with Crippen molar-refractivity contribution in [2.45, 2.75) is 23.5 Å². The summed E-state index contributed by atoms with van der Waals surface area (Å²) in [6, 6.07) is 14.5. The molecule has 0 aliphatic carbocycles. The first-order valence-corrected chi connectivity index (χ1v) is 9.33. The number of fused-ring (bicyclic) bond motifs is 1. The minimum absolute atomic E-state index is 0.219. The van der Waals surface area contributed by atoms with Crippen molar-refractivity contribution in [3.05, 3.63) is 54.1 Å². The molecule has 5 nitrogen and oxygen atoms in total. The molecule has 0 spiro atoms. The third-order valence-electron chi connectivity index (χ3n) is 4.18. The Morgan fingerprint density at radius 3 is 2.81 bits per heavy atom. The first-order valence-electron chi connectivity index (χ1n) is 8.45. The van der Waals surface area contributed by atoms with E-state index in [2.05, 4.69) is 6.92 Å². The number of thioether (sulfide) groups is 1. The summed E-state index contributed by atoms with van der Waals surface area (Å²) in [4.78, 5) is 27.7. The van der Waals surface area contributed by atoms with Crippen molar-refractivity contribution in [3.63, 3.8) is 0 Å². The number of rotatable bonds is 4.